The third-order valence-electron chi connectivity index (χ3n) is 1.18. The van der Waals surface area contributed by atoms with E-state index in [0.29, 0.717) is 0 Å². The van der Waals surface area contributed by atoms with Crippen LogP contribution in [-0.2, 0) is 4.74 Å². The molecule has 9 heavy (non-hydrogen) atoms. The van der Waals surface area contributed by atoms with Crippen LogP contribution < -0.4 is 0 Å². The molecule has 0 spiro atoms. The Labute approximate surface area is 55.2 Å². The lowest BCUT2D eigenvalue weighted by molar-refractivity contribution is 0.341. The van der Waals surface area contributed by atoms with Crippen molar-refractivity contribution in [1.29, 1.82) is 0 Å². The molecule has 1 aliphatic rings. The molecule has 1 rings (SSSR count). The Kier molecular flexibility index (Phi) is 2.31. The van der Waals surface area contributed by atoms with Crippen LogP contribution in [0.5, 0.6) is 0 Å². The Morgan fingerprint density at radius 1 is 1.78 bits per heavy atom. The Balaban J connectivity index is 2.26. The Morgan fingerprint density at radius 2 is 2.67 bits per heavy atom. The van der Waals surface area contributed by atoms with Crippen molar-refractivity contribution in [3.05, 3.63) is 12.2 Å². The van der Waals surface area contributed by atoms with Crippen LogP contribution in [-0.4, -0.2) is 19.0 Å². The molecule has 0 aromatic rings. The van der Waals surface area contributed by atoms with Gasteiger partial charge in [-0.05, 0) is 6.92 Å². The summed E-state index contributed by atoms with van der Waals surface area (Å²) in [5, 5.41) is 0. The van der Waals surface area contributed by atoms with Gasteiger partial charge in [0.15, 0.2) is 5.90 Å². The molecular weight excluding hydrogens is 114 g/mol. The van der Waals surface area contributed by atoms with Crippen LogP contribution in [0.2, 0.25) is 0 Å². The summed E-state index contributed by atoms with van der Waals surface area (Å²) in [7, 11) is 0. The fraction of sp³-hybridized carbons (Fsp3) is 0.571. The van der Waals surface area contributed by atoms with E-state index in [9.17, 15) is 0 Å². The highest BCUT2D eigenvalue weighted by Gasteiger charge is 2.02. The zero-order valence-corrected chi connectivity index (χ0v) is 5.63. The molecule has 0 aromatic carbocycles. The molecule has 0 radical (unpaired) electrons. The summed E-state index contributed by atoms with van der Waals surface area (Å²) in [6, 6.07) is 0. The van der Waals surface area contributed by atoms with E-state index in [0.717, 1.165) is 25.5 Å². The second-order valence-corrected chi connectivity index (χ2v) is 1.90. The van der Waals surface area contributed by atoms with Crippen molar-refractivity contribution >= 4 is 5.90 Å². The van der Waals surface area contributed by atoms with Crippen molar-refractivity contribution in [1.82, 2.24) is 0 Å². The number of hydrogen-bond acceptors (Lipinski definition) is 2. The minimum Gasteiger partial charge on any atom is -0.479 e. The Bertz CT molecular complexity index is 138. The summed E-state index contributed by atoms with van der Waals surface area (Å²) in [4.78, 5) is 4.12. The van der Waals surface area contributed by atoms with Crippen molar-refractivity contribution < 1.29 is 4.74 Å². The molecule has 0 atom stereocenters. The molecule has 1 aliphatic heterocycles. The average Bonchev–Trinajstić information content (AvgIpc) is 2.34. The summed E-state index contributed by atoms with van der Waals surface area (Å²) in [6.07, 6.45) is 4.91. The molecule has 2 heteroatoms. The van der Waals surface area contributed by atoms with E-state index in [2.05, 4.69) is 4.99 Å². The average molecular weight is 125 g/mol. The maximum atomic E-state index is 5.15. The minimum atomic E-state index is 0.771. The van der Waals surface area contributed by atoms with Crippen molar-refractivity contribution in [2.24, 2.45) is 4.99 Å². The van der Waals surface area contributed by atoms with Crippen LogP contribution in [0.1, 0.15) is 13.3 Å². The van der Waals surface area contributed by atoms with Gasteiger partial charge in [0, 0.05) is 6.42 Å². The number of nitrogens with zero attached hydrogens (tertiary/aromatic N) is 1. The van der Waals surface area contributed by atoms with Gasteiger partial charge in [0.2, 0.25) is 0 Å². The minimum absolute atomic E-state index is 0.771. The third-order valence-corrected chi connectivity index (χ3v) is 1.18. The van der Waals surface area contributed by atoms with Gasteiger partial charge < -0.3 is 4.74 Å². The molecule has 0 saturated carbocycles. The highest BCUT2D eigenvalue weighted by Crippen LogP contribution is 1.98. The van der Waals surface area contributed by atoms with E-state index in [1.54, 1.807) is 0 Å². The van der Waals surface area contributed by atoms with E-state index in [1.807, 2.05) is 19.1 Å². The molecule has 2 nitrogen and oxygen atoms in total. The molecule has 0 fully saturated rings. The Hall–Kier alpha value is -0.790. The lowest BCUT2D eigenvalue weighted by Gasteiger charge is -1.93. The van der Waals surface area contributed by atoms with Gasteiger partial charge in [-0.2, -0.15) is 0 Å². The topological polar surface area (TPSA) is 21.6 Å². The van der Waals surface area contributed by atoms with Crippen molar-refractivity contribution in [2.45, 2.75) is 13.3 Å². The predicted molar refractivity (Wildman–Crippen MR) is 37.7 cm³/mol. The number of allylic oxidation sites excluding steroid dienone is 1. The lowest BCUT2D eigenvalue weighted by atomic mass is 10.4. The number of ether oxygens (including phenoxy) is 1. The quantitative estimate of drug-likeness (QED) is 0.511. The van der Waals surface area contributed by atoms with Gasteiger partial charge >= 0.3 is 0 Å². The normalized spacial score (nSPS) is 18.1. The van der Waals surface area contributed by atoms with E-state index >= 15 is 0 Å². The molecule has 0 N–H and O–H groups in total. The lowest BCUT2D eigenvalue weighted by Crippen LogP contribution is -1.95. The highest BCUT2D eigenvalue weighted by molar-refractivity contribution is 5.78. The first kappa shape index (κ1) is 6.33. The second-order valence-electron chi connectivity index (χ2n) is 1.90. The SMILES string of the molecule is CC=CCC1=NCCO1. The van der Waals surface area contributed by atoms with Crippen LogP contribution in [0, 0.1) is 0 Å². The summed E-state index contributed by atoms with van der Waals surface area (Å²) < 4.78 is 5.15. The van der Waals surface area contributed by atoms with E-state index < -0.39 is 0 Å². The first-order chi connectivity index (χ1) is 4.43. The van der Waals surface area contributed by atoms with Crippen LogP contribution in [0.3, 0.4) is 0 Å². The maximum Gasteiger partial charge on any atom is 0.187 e. The molecule has 0 aromatic heterocycles. The molecule has 0 bridgehead atoms. The molecule has 50 valence electrons. The van der Waals surface area contributed by atoms with Crippen LogP contribution >= 0.6 is 0 Å². The van der Waals surface area contributed by atoms with Crippen molar-refractivity contribution in [3.63, 3.8) is 0 Å². The first-order valence-corrected chi connectivity index (χ1v) is 3.21. The van der Waals surface area contributed by atoms with Crippen LogP contribution in [0.4, 0.5) is 0 Å². The summed E-state index contributed by atoms with van der Waals surface area (Å²) in [6.45, 7) is 3.61. The standard InChI is InChI=1S/C7H11NO/c1-2-3-4-7-8-5-6-9-7/h2-3H,4-6H2,1H3. The summed E-state index contributed by atoms with van der Waals surface area (Å²) in [5.41, 5.74) is 0. The van der Waals surface area contributed by atoms with Gasteiger partial charge in [-0.1, -0.05) is 12.2 Å². The summed E-state index contributed by atoms with van der Waals surface area (Å²) >= 11 is 0. The zero-order valence-electron chi connectivity index (χ0n) is 5.63. The maximum absolute atomic E-state index is 5.15. The number of aliphatic imine (C=N–C) groups is 1. The first-order valence-electron chi connectivity index (χ1n) is 3.21. The molecule has 0 saturated heterocycles. The van der Waals surface area contributed by atoms with Gasteiger partial charge in [-0.3, -0.25) is 4.99 Å². The number of rotatable bonds is 2. The monoisotopic (exact) mass is 125 g/mol. The summed E-state index contributed by atoms with van der Waals surface area (Å²) in [5.74, 6) is 0.883. The smallest absolute Gasteiger partial charge is 0.187 e. The largest absolute Gasteiger partial charge is 0.479 e. The fourth-order valence-electron chi connectivity index (χ4n) is 0.722. The van der Waals surface area contributed by atoms with Gasteiger partial charge in [0.05, 0.1) is 6.54 Å². The van der Waals surface area contributed by atoms with Gasteiger partial charge in [0.25, 0.3) is 0 Å². The number of hydrogen-bond donors (Lipinski definition) is 0. The van der Waals surface area contributed by atoms with Gasteiger partial charge in [0.1, 0.15) is 6.61 Å². The second kappa shape index (κ2) is 3.28. The molecular formula is C7H11NO. The fourth-order valence-corrected chi connectivity index (χ4v) is 0.722. The van der Waals surface area contributed by atoms with Crippen molar-refractivity contribution in [3.8, 4) is 0 Å². The molecule has 0 unspecified atom stereocenters. The Morgan fingerprint density at radius 3 is 3.22 bits per heavy atom. The van der Waals surface area contributed by atoms with Crippen molar-refractivity contribution in [2.75, 3.05) is 13.2 Å². The van der Waals surface area contributed by atoms with Crippen LogP contribution in [0.15, 0.2) is 17.1 Å². The van der Waals surface area contributed by atoms with Gasteiger partial charge in [-0.25, -0.2) is 0 Å². The van der Waals surface area contributed by atoms with Gasteiger partial charge in [-0.15, -0.1) is 0 Å². The molecule has 0 amide bonds. The van der Waals surface area contributed by atoms with Crippen LogP contribution in [0.25, 0.3) is 0 Å². The van der Waals surface area contributed by atoms with E-state index in [4.69, 9.17) is 4.74 Å². The zero-order chi connectivity index (χ0) is 6.53. The highest BCUT2D eigenvalue weighted by atomic mass is 16.5. The molecule has 0 aliphatic carbocycles. The van der Waals surface area contributed by atoms with E-state index in [-0.39, 0.29) is 0 Å². The predicted octanol–water partition coefficient (Wildman–Crippen LogP) is 1.38. The third kappa shape index (κ3) is 1.88. The molecule has 1 heterocycles. The van der Waals surface area contributed by atoms with E-state index in [1.165, 1.54) is 0 Å².